The van der Waals surface area contributed by atoms with Crippen molar-refractivity contribution in [2.75, 3.05) is 7.05 Å². The highest BCUT2D eigenvalue weighted by Crippen LogP contribution is 2.32. The highest BCUT2D eigenvalue weighted by Gasteiger charge is 2.25. The molecular weight excluding hydrogens is 310 g/mol. The summed E-state index contributed by atoms with van der Waals surface area (Å²) in [7, 11) is 1.97. The summed E-state index contributed by atoms with van der Waals surface area (Å²) in [6.45, 7) is 4.10. The third-order valence-corrected chi connectivity index (χ3v) is 4.53. The largest absolute Gasteiger partial charge is 0.410 e. The minimum Gasteiger partial charge on any atom is -0.410 e. The number of allylic oxidation sites excluding steroid dienone is 1. The lowest BCUT2D eigenvalue weighted by molar-refractivity contribution is -0.0972. The molecule has 0 radical (unpaired) electrons. The fourth-order valence-electron chi connectivity index (χ4n) is 3.24. The van der Waals surface area contributed by atoms with Crippen LogP contribution in [0, 0.1) is 0 Å². The molecule has 2 heterocycles. The number of rotatable bonds is 4. The summed E-state index contributed by atoms with van der Waals surface area (Å²) in [6.07, 6.45) is 3.77. The molecule has 0 bridgehead atoms. The molecule has 0 saturated heterocycles. The van der Waals surface area contributed by atoms with Crippen LogP contribution in [-0.4, -0.2) is 17.9 Å². The number of amidine groups is 1. The van der Waals surface area contributed by atoms with Crippen LogP contribution in [0.4, 0.5) is 5.69 Å². The van der Waals surface area contributed by atoms with Gasteiger partial charge >= 0.3 is 0 Å². The molecule has 4 heteroatoms. The Hall–Kier alpha value is -2.85. The number of likely N-dealkylation sites (N-methyl/N-ethyl adjacent to an activating group) is 1. The van der Waals surface area contributed by atoms with Crippen LogP contribution in [0.15, 0.2) is 78.0 Å². The number of para-hydroxylation sites is 1. The topological polar surface area (TPSA) is 36.9 Å². The van der Waals surface area contributed by atoms with E-state index in [1.165, 1.54) is 5.56 Å². The van der Waals surface area contributed by atoms with Gasteiger partial charge in [0, 0.05) is 31.1 Å². The molecule has 1 N–H and O–H groups in total. The van der Waals surface area contributed by atoms with E-state index in [0.29, 0.717) is 0 Å². The molecule has 2 aliphatic heterocycles. The molecule has 126 valence electrons. The SMILES string of the molecule is C=C1NC(CCC2=CC(c3ccccc3)N(C)O2)=Nc2ccccc21. The predicted molar refractivity (Wildman–Crippen MR) is 101 cm³/mol. The van der Waals surface area contributed by atoms with Crippen LogP contribution in [-0.2, 0) is 4.84 Å². The lowest BCUT2D eigenvalue weighted by Gasteiger charge is -2.20. The van der Waals surface area contributed by atoms with Crippen LogP contribution < -0.4 is 5.32 Å². The van der Waals surface area contributed by atoms with Crippen molar-refractivity contribution in [3.05, 3.63) is 84.1 Å². The van der Waals surface area contributed by atoms with Gasteiger partial charge in [-0.2, -0.15) is 0 Å². The van der Waals surface area contributed by atoms with Crippen LogP contribution in [0.2, 0.25) is 0 Å². The lowest BCUT2D eigenvalue weighted by atomic mass is 10.1. The zero-order chi connectivity index (χ0) is 17.2. The van der Waals surface area contributed by atoms with Crippen LogP contribution in [0.25, 0.3) is 5.70 Å². The van der Waals surface area contributed by atoms with Crippen LogP contribution in [0.1, 0.15) is 30.0 Å². The molecule has 1 unspecified atom stereocenters. The maximum Gasteiger partial charge on any atom is 0.123 e. The summed E-state index contributed by atoms with van der Waals surface area (Å²) in [5.41, 5.74) is 4.17. The molecule has 0 fully saturated rings. The molecule has 0 amide bonds. The molecule has 1 atom stereocenters. The maximum atomic E-state index is 5.90. The van der Waals surface area contributed by atoms with Crippen molar-refractivity contribution in [3.63, 3.8) is 0 Å². The van der Waals surface area contributed by atoms with Crippen LogP contribution in [0.3, 0.4) is 0 Å². The van der Waals surface area contributed by atoms with E-state index in [4.69, 9.17) is 9.83 Å². The number of hydrogen-bond acceptors (Lipinski definition) is 4. The number of nitrogens with zero attached hydrogens (tertiary/aromatic N) is 2. The summed E-state index contributed by atoms with van der Waals surface area (Å²) >= 11 is 0. The summed E-state index contributed by atoms with van der Waals surface area (Å²) in [6, 6.07) is 18.6. The smallest absolute Gasteiger partial charge is 0.123 e. The zero-order valence-electron chi connectivity index (χ0n) is 14.3. The van der Waals surface area contributed by atoms with Gasteiger partial charge in [0.2, 0.25) is 0 Å². The lowest BCUT2D eigenvalue weighted by Crippen LogP contribution is -2.24. The number of benzene rings is 2. The fraction of sp³-hybridized carbons (Fsp3) is 0.190. The van der Waals surface area contributed by atoms with Gasteiger partial charge < -0.3 is 10.2 Å². The zero-order valence-corrected chi connectivity index (χ0v) is 14.3. The van der Waals surface area contributed by atoms with Crippen molar-refractivity contribution in [2.45, 2.75) is 18.9 Å². The number of fused-ring (bicyclic) bond motifs is 1. The third kappa shape index (κ3) is 3.21. The minimum atomic E-state index is 0.160. The van der Waals surface area contributed by atoms with Gasteiger partial charge in [-0.1, -0.05) is 55.1 Å². The van der Waals surface area contributed by atoms with Crippen molar-refractivity contribution in [1.82, 2.24) is 10.4 Å². The van der Waals surface area contributed by atoms with Gasteiger partial charge in [0.1, 0.15) is 11.6 Å². The normalized spacial score (nSPS) is 19.6. The molecule has 0 aliphatic carbocycles. The van der Waals surface area contributed by atoms with E-state index in [-0.39, 0.29) is 6.04 Å². The average molecular weight is 331 g/mol. The first-order valence-corrected chi connectivity index (χ1v) is 8.50. The second-order valence-electron chi connectivity index (χ2n) is 6.31. The van der Waals surface area contributed by atoms with Crippen LogP contribution >= 0.6 is 0 Å². The molecule has 0 saturated carbocycles. The molecule has 2 aromatic rings. The molecule has 25 heavy (non-hydrogen) atoms. The molecule has 4 rings (SSSR count). The summed E-state index contributed by atoms with van der Waals surface area (Å²) in [4.78, 5) is 10.6. The van der Waals surface area contributed by atoms with Gasteiger partial charge in [0.25, 0.3) is 0 Å². The van der Waals surface area contributed by atoms with Gasteiger partial charge in [-0.25, -0.2) is 4.99 Å². The highest BCUT2D eigenvalue weighted by molar-refractivity contribution is 5.97. The minimum absolute atomic E-state index is 0.160. The van der Waals surface area contributed by atoms with Crippen LogP contribution in [0.5, 0.6) is 0 Å². The molecular formula is C21H21N3O. The summed E-state index contributed by atoms with van der Waals surface area (Å²) < 4.78 is 0. The number of nitrogens with one attached hydrogen (secondary N) is 1. The molecule has 0 spiro atoms. The molecule has 0 aromatic heterocycles. The Morgan fingerprint density at radius 2 is 1.84 bits per heavy atom. The van der Waals surface area contributed by atoms with Gasteiger partial charge in [-0.15, -0.1) is 5.06 Å². The Balaban J connectivity index is 1.46. The summed E-state index contributed by atoms with van der Waals surface area (Å²) in [5, 5.41) is 5.21. The number of hydroxylamine groups is 2. The standard InChI is InChI=1S/C21H21N3O/c1-15-18-10-6-7-11-19(18)23-21(22-15)13-12-17-14-20(24(2)25-17)16-8-4-3-5-9-16/h3-11,14,20H,1,12-13H2,2H3,(H,22,23). The quantitative estimate of drug-likeness (QED) is 0.891. The fourth-order valence-corrected chi connectivity index (χ4v) is 3.24. The van der Waals surface area contributed by atoms with E-state index in [2.05, 4.69) is 42.2 Å². The average Bonchev–Trinajstić information content (AvgIpc) is 3.02. The first-order valence-electron chi connectivity index (χ1n) is 8.50. The first-order chi connectivity index (χ1) is 12.2. The van der Waals surface area contributed by atoms with E-state index in [0.717, 1.165) is 41.4 Å². The van der Waals surface area contributed by atoms with E-state index >= 15 is 0 Å². The Bertz CT molecular complexity index is 854. The van der Waals surface area contributed by atoms with E-state index in [1.54, 1.807) is 0 Å². The second kappa shape index (κ2) is 6.57. The Morgan fingerprint density at radius 1 is 1.08 bits per heavy atom. The van der Waals surface area contributed by atoms with Gasteiger partial charge in [-0.3, -0.25) is 0 Å². The van der Waals surface area contributed by atoms with E-state index < -0.39 is 0 Å². The monoisotopic (exact) mass is 331 g/mol. The number of hydrogen-bond donors (Lipinski definition) is 1. The number of aliphatic imine (C=N–C) groups is 1. The Kier molecular flexibility index (Phi) is 4.12. The van der Waals surface area contributed by atoms with Crippen molar-refractivity contribution < 1.29 is 4.84 Å². The molecule has 2 aromatic carbocycles. The highest BCUT2D eigenvalue weighted by atomic mass is 16.7. The van der Waals surface area contributed by atoms with Gasteiger partial charge in [0.05, 0.1) is 11.7 Å². The van der Waals surface area contributed by atoms with Crippen molar-refractivity contribution >= 4 is 17.2 Å². The van der Waals surface area contributed by atoms with Gasteiger partial charge in [-0.05, 0) is 17.7 Å². The van der Waals surface area contributed by atoms with Crippen molar-refractivity contribution in [1.29, 1.82) is 0 Å². The Labute approximate surface area is 148 Å². The maximum absolute atomic E-state index is 5.90. The summed E-state index contributed by atoms with van der Waals surface area (Å²) in [5.74, 6) is 1.91. The van der Waals surface area contributed by atoms with Crippen molar-refractivity contribution in [2.24, 2.45) is 4.99 Å². The second-order valence-corrected chi connectivity index (χ2v) is 6.31. The predicted octanol–water partition coefficient (Wildman–Crippen LogP) is 4.57. The van der Waals surface area contributed by atoms with E-state index in [9.17, 15) is 0 Å². The molecule has 4 nitrogen and oxygen atoms in total. The van der Waals surface area contributed by atoms with E-state index in [1.807, 2.05) is 42.4 Å². The van der Waals surface area contributed by atoms with Crippen molar-refractivity contribution in [3.8, 4) is 0 Å². The first kappa shape index (κ1) is 15.7. The molecule has 2 aliphatic rings. The van der Waals surface area contributed by atoms with Gasteiger partial charge in [0.15, 0.2) is 0 Å². The third-order valence-electron chi connectivity index (χ3n) is 4.53. The Morgan fingerprint density at radius 3 is 2.68 bits per heavy atom.